The molecule has 0 aliphatic heterocycles. The fourth-order valence-electron chi connectivity index (χ4n) is 3.04. The number of hydrogen-bond acceptors (Lipinski definition) is 0. The summed E-state index contributed by atoms with van der Waals surface area (Å²) in [4.78, 5) is 0. The minimum absolute atomic E-state index is 0.0516. The Balaban J connectivity index is 2.52. The first kappa shape index (κ1) is 16.3. The molecule has 0 saturated carbocycles. The molecule has 0 heterocycles. The van der Waals surface area contributed by atoms with Gasteiger partial charge < -0.3 is 0 Å². The normalized spacial score (nSPS) is 18.6. The molecule has 114 valence electrons. The van der Waals surface area contributed by atoms with Gasteiger partial charge in [-0.05, 0) is 39.2 Å². The van der Waals surface area contributed by atoms with Crippen molar-refractivity contribution in [2.24, 2.45) is 0 Å². The first-order valence-corrected chi connectivity index (χ1v) is 7.98. The molecule has 1 aromatic rings. The van der Waals surface area contributed by atoms with Crippen LogP contribution in [0.3, 0.4) is 0 Å². The van der Waals surface area contributed by atoms with Crippen molar-refractivity contribution in [2.45, 2.75) is 39.0 Å². The van der Waals surface area contributed by atoms with Crippen LogP contribution in [0.5, 0.6) is 0 Å². The van der Waals surface area contributed by atoms with E-state index in [1.165, 1.54) is 22.3 Å². The lowest BCUT2D eigenvalue weighted by Gasteiger charge is -2.36. The Morgan fingerprint density at radius 1 is 1.09 bits per heavy atom. The lowest BCUT2D eigenvalue weighted by Crippen LogP contribution is -2.27. The molecule has 0 nitrogen and oxygen atoms in total. The molecule has 1 atom stereocenters. The summed E-state index contributed by atoms with van der Waals surface area (Å²) in [6.07, 6.45) is 15.0. The number of rotatable bonds is 5. The lowest BCUT2D eigenvalue weighted by molar-refractivity contribution is 0.614. The third-order valence-corrected chi connectivity index (χ3v) is 4.73. The highest BCUT2D eigenvalue weighted by atomic mass is 14.4. The predicted molar refractivity (Wildman–Crippen MR) is 98.0 cm³/mol. The standard InChI is InChI=1S/C22H26/c1-5-6-8-11-19(3)22(4,20-12-9-7-10-13-20)21-16-14-18(2)15-17-21/h5-14,16H,1,15,17H2,2-4H3/b8-6-,19-11+. The van der Waals surface area contributed by atoms with Crippen molar-refractivity contribution in [3.63, 3.8) is 0 Å². The van der Waals surface area contributed by atoms with Gasteiger partial charge in [-0.2, -0.15) is 0 Å². The fourth-order valence-corrected chi connectivity index (χ4v) is 3.04. The molecule has 1 aromatic carbocycles. The molecule has 0 saturated heterocycles. The zero-order valence-corrected chi connectivity index (χ0v) is 14.0. The average Bonchev–Trinajstić information content (AvgIpc) is 2.55. The smallest absolute Gasteiger partial charge is 0.0345 e. The maximum atomic E-state index is 3.74. The highest BCUT2D eigenvalue weighted by Gasteiger charge is 2.32. The second kappa shape index (κ2) is 7.26. The monoisotopic (exact) mass is 290 g/mol. The summed E-state index contributed by atoms with van der Waals surface area (Å²) >= 11 is 0. The van der Waals surface area contributed by atoms with Crippen LogP contribution in [0.2, 0.25) is 0 Å². The van der Waals surface area contributed by atoms with Gasteiger partial charge in [0, 0.05) is 5.41 Å². The molecular weight excluding hydrogens is 264 g/mol. The zero-order valence-electron chi connectivity index (χ0n) is 14.0. The van der Waals surface area contributed by atoms with E-state index in [0.717, 1.165) is 12.8 Å². The molecule has 22 heavy (non-hydrogen) atoms. The van der Waals surface area contributed by atoms with Crippen LogP contribution in [0.4, 0.5) is 0 Å². The quantitative estimate of drug-likeness (QED) is 0.558. The summed E-state index contributed by atoms with van der Waals surface area (Å²) < 4.78 is 0. The van der Waals surface area contributed by atoms with Crippen molar-refractivity contribution in [1.82, 2.24) is 0 Å². The molecule has 0 aromatic heterocycles. The SMILES string of the molecule is C=C/C=C\C=C(/C)C(C)(C1=CC=C(C)CC1)c1ccccc1. The molecule has 0 heteroatoms. The molecule has 2 rings (SSSR count). The maximum absolute atomic E-state index is 3.74. The summed E-state index contributed by atoms with van der Waals surface area (Å²) in [5, 5.41) is 0. The van der Waals surface area contributed by atoms with E-state index in [2.05, 4.69) is 82.0 Å². The van der Waals surface area contributed by atoms with Crippen LogP contribution < -0.4 is 0 Å². The van der Waals surface area contributed by atoms with Crippen LogP contribution in [-0.4, -0.2) is 0 Å². The van der Waals surface area contributed by atoms with E-state index in [0.29, 0.717) is 0 Å². The lowest BCUT2D eigenvalue weighted by atomic mass is 9.68. The Kier molecular flexibility index (Phi) is 5.38. The van der Waals surface area contributed by atoms with Gasteiger partial charge in [-0.25, -0.2) is 0 Å². The Morgan fingerprint density at radius 2 is 1.82 bits per heavy atom. The van der Waals surface area contributed by atoms with Crippen molar-refractivity contribution in [3.8, 4) is 0 Å². The third-order valence-electron chi connectivity index (χ3n) is 4.73. The van der Waals surface area contributed by atoms with Crippen molar-refractivity contribution in [2.75, 3.05) is 0 Å². The van der Waals surface area contributed by atoms with Crippen LogP contribution in [0.15, 0.2) is 90.1 Å². The first-order chi connectivity index (χ1) is 10.6. The molecule has 0 amide bonds. The second-order valence-corrected chi connectivity index (χ2v) is 6.17. The van der Waals surface area contributed by atoms with Crippen LogP contribution in [0.25, 0.3) is 0 Å². The van der Waals surface area contributed by atoms with Gasteiger partial charge in [-0.15, -0.1) is 0 Å². The molecule has 1 aliphatic carbocycles. The van der Waals surface area contributed by atoms with Crippen LogP contribution in [0, 0.1) is 0 Å². The highest BCUT2D eigenvalue weighted by molar-refractivity contribution is 5.48. The zero-order chi connectivity index (χ0) is 16.0. The van der Waals surface area contributed by atoms with E-state index >= 15 is 0 Å². The van der Waals surface area contributed by atoms with Gasteiger partial charge in [0.15, 0.2) is 0 Å². The van der Waals surface area contributed by atoms with Gasteiger partial charge in [0.2, 0.25) is 0 Å². The molecule has 0 bridgehead atoms. The minimum Gasteiger partial charge on any atom is -0.0991 e. The molecule has 1 aliphatic rings. The van der Waals surface area contributed by atoms with Gasteiger partial charge >= 0.3 is 0 Å². The topological polar surface area (TPSA) is 0 Å². The molecule has 0 spiro atoms. The largest absolute Gasteiger partial charge is 0.0991 e. The van der Waals surface area contributed by atoms with E-state index in [1.54, 1.807) is 0 Å². The third kappa shape index (κ3) is 3.39. The van der Waals surface area contributed by atoms with Gasteiger partial charge in [-0.3, -0.25) is 0 Å². The van der Waals surface area contributed by atoms with E-state index in [1.807, 2.05) is 12.2 Å². The summed E-state index contributed by atoms with van der Waals surface area (Å²) in [5.74, 6) is 0. The van der Waals surface area contributed by atoms with Crippen LogP contribution in [-0.2, 0) is 5.41 Å². The molecule has 0 N–H and O–H groups in total. The van der Waals surface area contributed by atoms with E-state index in [4.69, 9.17) is 0 Å². The summed E-state index contributed by atoms with van der Waals surface area (Å²) in [5.41, 5.74) is 5.62. The minimum atomic E-state index is -0.0516. The number of allylic oxidation sites excluding steroid dienone is 9. The Hall–Kier alpha value is -2.08. The Morgan fingerprint density at radius 3 is 2.41 bits per heavy atom. The molecular formula is C22H26. The van der Waals surface area contributed by atoms with Crippen LogP contribution in [0.1, 0.15) is 39.2 Å². The van der Waals surface area contributed by atoms with Crippen LogP contribution >= 0.6 is 0 Å². The van der Waals surface area contributed by atoms with Crippen molar-refractivity contribution in [1.29, 1.82) is 0 Å². The van der Waals surface area contributed by atoms with Gasteiger partial charge in [0.05, 0.1) is 0 Å². The average molecular weight is 290 g/mol. The van der Waals surface area contributed by atoms with E-state index < -0.39 is 0 Å². The Labute approximate surface area is 135 Å². The maximum Gasteiger partial charge on any atom is 0.0345 e. The van der Waals surface area contributed by atoms with E-state index in [9.17, 15) is 0 Å². The molecule has 1 unspecified atom stereocenters. The van der Waals surface area contributed by atoms with Gasteiger partial charge in [0.25, 0.3) is 0 Å². The van der Waals surface area contributed by atoms with Gasteiger partial charge in [-0.1, -0.05) is 90.1 Å². The highest BCUT2D eigenvalue weighted by Crippen LogP contribution is 2.42. The second-order valence-electron chi connectivity index (χ2n) is 6.17. The fraction of sp³-hybridized carbons (Fsp3) is 0.273. The summed E-state index contributed by atoms with van der Waals surface area (Å²) in [7, 11) is 0. The van der Waals surface area contributed by atoms with E-state index in [-0.39, 0.29) is 5.41 Å². The summed E-state index contributed by atoms with van der Waals surface area (Å²) in [6.45, 7) is 10.5. The van der Waals surface area contributed by atoms with Gasteiger partial charge in [0.1, 0.15) is 0 Å². The molecule has 0 fully saturated rings. The van der Waals surface area contributed by atoms with Crippen molar-refractivity contribution in [3.05, 3.63) is 95.6 Å². The predicted octanol–water partition coefficient (Wildman–Crippen LogP) is 6.30. The Bertz CT molecular complexity index is 638. The first-order valence-electron chi connectivity index (χ1n) is 7.98. The van der Waals surface area contributed by atoms with Crippen molar-refractivity contribution >= 4 is 0 Å². The van der Waals surface area contributed by atoms with Crippen molar-refractivity contribution < 1.29 is 0 Å². The number of hydrogen-bond donors (Lipinski definition) is 0. The summed E-state index contributed by atoms with van der Waals surface area (Å²) in [6, 6.07) is 10.8. The number of benzene rings is 1. The molecule has 0 radical (unpaired) electrons.